The van der Waals surface area contributed by atoms with Gasteiger partial charge in [0.05, 0.1) is 17.9 Å². The van der Waals surface area contributed by atoms with Crippen LogP contribution in [0.15, 0.2) is 65.2 Å². The lowest BCUT2D eigenvalue weighted by Gasteiger charge is -2.04. The zero-order chi connectivity index (χ0) is 15.4. The molecule has 2 aromatic heterocycles. The highest BCUT2D eigenvalue weighted by Crippen LogP contribution is 2.28. The van der Waals surface area contributed by atoms with Gasteiger partial charge in [0.25, 0.3) is 0 Å². The Morgan fingerprint density at radius 1 is 1.23 bits per heavy atom. The van der Waals surface area contributed by atoms with Crippen molar-refractivity contribution in [2.24, 2.45) is 0 Å². The van der Waals surface area contributed by atoms with Gasteiger partial charge in [0.1, 0.15) is 11.3 Å². The smallest absolute Gasteiger partial charge is 0.331 e. The number of hydrogen-bond donors (Lipinski definition) is 0. The first-order valence-corrected chi connectivity index (χ1v) is 7.06. The lowest BCUT2D eigenvalue weighted by molar-refractivity contribution is -0.137. The molecule has 3 aromatic rings. The molecule has 0 spiro atoms. The van der Waals surface area contributed by atoms with Crippen LogP contribution in [-0.2, 0) is 9.53 Å². The Hall–Kier alpha value is -2.88. The van der Waals surface area contributed by atoms with Crippen LogP contribution in [-0.4, -0.2) is 17.6 Å². The molecule has 1 aromatic carbocycles. The molecule has 22 heavy (non-hydrogen) atoms. The normalized spacial score (nSPS) is 11.6. The van der Waals surface area contributed by atoms with Crippen LogP contribution < -0.4 is 0 Å². The predicted octanol–water partition coefficient (Wildman–Crippen LogP) is 3.82. The first-order valence-electron chi connectivity index (χ1n) is 7.06. The molecule has 0 N–H and O–H groups in total. The number of pyridine rings is 1. The lowest BCUT2D eigenvalue weighted by Crippen LogP contribution is -2.02. The number of rotatable bonds is 4. The molecular weight excluding hydrogens is 278 g/mol. The number of esters is 1. The second-order valence-corrected chi connectivity index (χ2v) is 4.67. The quantitative estimate of drug-likeness (QED) is 0.542. The van der Waals surface area contributed by atoms with Crippen LogP contribution in [0.2, 0.25) is 0 Å². The molecule has 4 nitrogen and oxygen atoms in total. The van der Waals surface area contributed by atoms with Gasteiger partial charge in [-0.1, -0.05) is 24.3 Å². The van der Waals surface area contributed by atoms with Gasteiger partial charge in [-0.2, -0.15) is 0 Å². The minimum atomic E-state index is -0.413. The summed E-state index contributed by atoms with van der Waals surface area (Å²) in [5.41, 5.74) is 2.04. The number of para-hydroxylation sites is 1. The first-order chi connectivity index (χ1) is 10.8. The van der Waals surface area contributed by atoms with E-state index < -0.39 is 5.97 Å². The van der Waals surface area contributed by atoms with Crippen molar-refractivity contribution >= 4 is 22.5 Å². The zero-order valence-electron chi connectivity index (χ0n) is 12.2. The predicted molar refractivity (Wildman–Crippen MR) is 84.2 cm³/mol. The van der Waals surface area contributed by atoms with E-state index >= 15 is 0 Å². The van der Waals surface area contributed by atoms with Crippen LogP contribution in [0.1, 0.15) is 18.4 Å². The van der Waals surface area contributed by atoms with E-state index in [0.29, 0.717) is 23.6 Å². The average Bonchev–Trinajstić information content (AvgIpc) is 2.97. The molecule has 0 amide bonds. The maximum atomic E-state index is 11.8. The Morgan fingerprint density at radius 3 is 2.77 bits per heavy atom. The van der Waals surface area contributed by atoms with Gasteiger partial charge >= 0.3 is 5.97 Å². The van der Waals surface area contributed by atoms with Crippen molar-refractivity contribution in [1.82, 2.24) is 4.98 Å². The van der Waals surface area contributed by atoms with Gasteiger partial charge in [-0.3, -0.25) is 4.98 Å². The van der Waals surface area contributed by atoms with Crippen LogP contribution in [0.3, 0.4) is 0 Å². The number of aromatic nitrogens is 1. The first kappa shape index (κ1) is 14.1. The molecule has 0 radical (unpaired) electrons. The molecule has 4 heteroatoms. The number of furan rings is 1. The summed E-state index contributed by atoms with van der Waals surface area (Å²) in [6, 6.07) is 15.1. The number of ether oxygens (including phenoxy) is 1. The largest absolute Gasteiger partial charge is 0.463 e. The molecule has 0 bridgehead atoms. The Balaban J connectivity index is 2.10. The van der Waals surface area contributed by atoms with Crippen molar-refractivity contribution in [3.05, 3.63) is 72.3 Å². The number of hydrogen-bond acceptors (Lipinski definition) is 4. The number of fused-ring (bicyclic) bond motifs is 1. The van der Waals surface area contributed by atoms with Crippen molar-refractivity contribution in [2.75, 3.05) is 6.61 Å². The Labute approximate surface area is 128 Å². The molecular formula is C18H15NO3. The molecule has 0 aliphatic heterocycles. The Kier molecular flexibility index (Phi) is 4.01. The summed E-state index contributed by atoms with van der Waals surface area (Å²) in [5, 5.41) is 0.975. The molecule has 0 atom stereocenters. The van der Waals surface area contributed by atoms with E-state index in [4.69, 9.17) is 9.15 Å². The average molecular weight is 293 g/mol. The van der Waals surface area contributed by atoms with E-state index in [2.05, 4.69) is 4.98 Å². The number of carbonyl (C=O) groups excluding carboxylic acids is 1. The van der Waals surface area contributed by atoms with Crippen LogP contribution in [0.4, 0.5) is 0 Å². The summed E-state index contributed by atoms with van der Waals surface area (Å²) in [6.45, 7) is 2.10. The maximum Gasteiger partial charge on any atom is 0.331 e. The second-order valence-electron chi connectivity index (χ2n) is 4.67. The molecule has 0 aliphatic rings. The van der Waals surface area contributed by atoms with Crippen LogP contribution >= 0.6 is 0 Å². The van der Waals surface area contributed by atoms with E-state index in [9.17, 15) is 4.79 Å². The van der Waals surface area contributed by atoms with Gasteiger partial charge in [0, 0.05) is 17.7 Å². The topological polar surface area (TPSA) is 52.3 Å². The maximum absolute atomic E-state index is 11.8. The van der Waals surface area contributed by atoms with E-state index in [1.54, 1.807) is 13.1 Å². The summed E-state index contributed by atoms with van der Waals surface area (Å²) < 4.78 is 10.9. The molecule has 110 valence electrons. The van der Waals surface area contributed by atoms with E-state index in [1.165, 1.54) is 6.08 Å². The minimum Gasteiger partial charge on any atom is -0.463 e. The van der Waals surface area contributed by atoms with Crippen LogP contribution in [0.5, 0.6) is 0 Å². The van der Waals surface area contributed by atoms with Crippen molar-refractivity contribution in [1.29, 1.82) is 0 Å². The number of benzene rings is 1. The summed E-state index contributed by atoms with van der Waals surface area (Å²) in [7, 11) is 0. The van der Waals surface area contributed by atoms with Crippen molar-refractivity contribution in [3.63, 3.8) is 0 Å². The minimum absolute atomic E-state index is 0.324. The lowest BCUT2D eigenvalue weighted by atomic mass is 10.1. The highest BCUT2D eigenvalue weighted by molar-refractivity contribution is 5.96. The third-order valence-electron chi connectivity index (χ3n) is 3.18. The van der Waals surface area contributed by atoms with E-state index in [-0.39, 0.29) is 0 Å². The highest BCUT2D eigenvalue weighted by atomic mass is 16.5. The number of carbonyl (C=O) groups is 1. The van der Waals surface area contributed by atoms with Gasteiger partial charge in [-0.15, -0.1) is 0 Å². The summed E-state index contributed by atoms with van der Waals surface area (Å²) in [6.07, 6.45) is 3.10. The van der Waals surface area contributed by atoms with E-state index in [1.807, 2.05) is 48.5 Å². The molecule has 0 aliphatic carbocycles. The highest BCUT2D eigenvalue weighted by Gasteiger charge is 2.14. The SMILES string of the molecule is CCOC(=O)C=C(c1ccccn1)c1cc2ccccc2o1. The van der Waals surface area contributed by atoms with Gasteiger partial charge in [0.15, 0.2) is 0 Å². The molecule has 0 saturated heterocycles. The standard InChI is InChI=1S/C18H15NO3/c1-2-21-18(20)12-14(15-8-5-6-10-19-15)17-11-13-7-3-4-9-16(13)22-17/h3-12H,2H2,1H3. The number of nitrogens with zero attached hydrogens (tertiary/aromatic N) is 1. The summed E-state index contributed by atoms with van der Waals surface area (Å²) >= 11 is 0. The van der Waals surface area contributed by atoms with Gasteiger partial charge in [0.2, 0.25) is 0 Å². The fourth-order valence-electron chi connectivity index (χ4n) is 2.21. The zero-order valence-corrected chi connectivity index (χ0v) is 12.2. The second kappa shape index (κ2) is 6.26. The monoisotopic (exact) mass is 293 g/mol. The van der Waals surface area contributed by atoms with Gasteiger partial charge in [-0.05, 0) is 31.2 Å². The van der Waals surface area contributed by atoms with Gasteiger partial charge in [-0.25, -0.2) is 4.79 Å². The summed E-state index contributed by atoms with van der Waals surface area (Å²) in [5.74, 6) is 0.177. The third-order valence-corrected chi connectivity index (χ3v) is 3.18. The molecule has 0 saturated carbocycles. The fraction of sp³-hybridized carbons (Fsp3) is 0.111. The molecule has 0 fully saturated rings. The van der Waals surface area contributed by atoms with E-state index in [0.717, 1.165) is 11.0 Å². The van der Waals surface area contributed by atoms with Crippen molar-refractivity contribution < 1.29 is 13.9 Å². The van der Waals surface area contributed by atoms with Crippen LogP contribution in [0, 0.1) is 0 Å². The van der Waals surface area contributed by atoms with Crippen molar-refractivity contribution in [2.45, 2.75) is 6.92 Å². The van der Waals surface area contributed by atoms with Crippen molar-refractivity contribution in [3.8, 4) is 0 Å². The molecule has 2 heterocycles. The van der Waals surface area contributed by atoms with Crippen LogP contribution in [0.25, 0.3) is 16.5 Å². The fourth-order valence-corrected chi connectivity index (χ4v) is 2.21. The molecule has 0 unspecified atom stereocenters. The third kappa shape index (κ3) is 2.91. The van der Waals surface area contributed by atoms with Gasteiger partial charge < -0.3 is 9.15 Å². The molecule has 3 rings (SSSR count). The Bertz CT molecular complexity index is 785. The Morgan fingerprint density at radius 2 is 2.05 bits per heavy atom. The summed E-state index contributed by atoms with van der Waals surface area (Å²) in [4.78, 5) is 16.1.